The van der Waals surface area contributed by atoms with E-state index >= 15 is 0 Å². The molecule has 122 valence electrons. The quantitative estimate of drug-likeness (QED) is 0.702. The number of nitrogens with one attached hydrogen (secondary N) is 2. The Labute approximate surface area is 129 Å². The first kappa shape index (κ1) is 17.7. The van der Waals surface area contributed by atoms with Crippen molar-refractivity contribution < 1.29 is 23.9 Å². The summed E-state index contributed by atoms with van der Waals surface area (Å²) in [5.74, 6) is -1.97. The summed E-state index contributed by atoms with van der Waals surface area (Å²) in [4.78, 5) is 35.2. The Morgan fingerprint density at radius 2 is 1.95 bits per heavy atom. The molecule has 1 unspecified atom stereocenters. The molecule has 0 aliphatic carbocycles. The van der Waals surface area contributed by atoms with Crippen LogP contribution in [0.4, 0.5) is 0 Å². The highest BCUT2D eigenvalue weighted by molar-refractivity contribution is 5.95. The molecular formula is C15H22N2O5. The van der Waals surface area contributed by atoms with Crippen LogP contribution in [0.5, 0.6) is 0 Å². The molecule has 1 heterocycles. The van der Waals surface area contributed by atoms with Gasteiger partial charge in [0.25, 0.3) is 5.91 Å². The van der Waals surface area contributed by atoms with Gasteiger partial charge in [0.2, 0.25) is 5.91 Å². The van der Waals surface area contributed by atoms with Gasteiger partial charge >= 0.3 is 5.97 Å². The fourth-order valence-corrected chi connectivity index (χ4v) is 1.65. The van der Waals surface area contributed by atoms with Crippen molar-refractivity contribution in [2.45, 2.75) is 33.7 Å². The lowest BCUT2D eigenvalue weighted by Crippen LogP contribution is -2.51. The van der Waals surface area contributed by atoms with E-state index in [1.165, 1.54) is 26.2 Å². The summed E-state index contributed by atoms with van der Waals surface area (Å²) in [7, 11) is 0. The van der Waals surface area contributed by atoms with Crippen molar-refractivity contribution in [3.05, 3.63) is 24.2 Å². The predicted octanol–water partition coefficient (Wildman–Crippen LogP) is 1.26. The largest absolute Gasteiger partial charge is 0.481 e. The van der Waals surface area contributed by atoms with Gasteiger partial charge in [-0.1, -0.05) is 13.8 Å². The number of rotatable bonds is 7. The molecule has 0 radical (unpaired) electrons. The molecule has 1 rings (SSSR count). The monoisotopic (exact) mass is 310 g/mol. The first-order valence-corrected chi connectivity index (χ1v) is 7.00. The van der Waals surface area contributed by atoms with E-state index in [0.717, 1.165) is 0 Å². The maximum atomic E-state index is 12.2. The number of furan rings is 1. The van der Waals surface area contributed by atoms with Crippen LogP contribution in [0.1, 0.15) is 38.2 Å². The van der Waals surface area contributed by atoms with Gasteiger partial charge in [0.05, 0.1) is 11.7 Å². The van der Waals surface area contributed by atoms with Gasteiger partial charge in [0.1, 0.15) is 6.04 Å². The smallest absolute Gasteiger partial charge is 0.310 e. The molecule has 0 aliphatic rings. The van der Waals surface area contributed by atoms with Gasteiger partial charge in [-0.15, -0.1) is 0 Å². The number of carboxylic acids is 1. The van der Waals surface area contributed by atoms with Crippen LogP contribution < -0.4 is 10.6 Å². The maximum absolute atomic E-state index is 12.2. The summed E-state index contributed by atoms with van der Waals surface area (Å²) in [5, 5.41) is 14.2. The summed E-state index contributed by atoms with van der Waals surface area (Å²) in [5.41, 5.74) is -1.08. The topological polar surface area (TPSA) is 109 Å². The van der Waals surface area contributed by atoms with Crippen LogP contribution in [-0.4, -0.2) is 35.5 Å². The van der Waals surface area contributed by atoms with E-state index in [-0.39, 0.29) is 18.2 Å². The third-order valence-corrected chi connectivity index (χ3v) is 3.26. The Morgan fingerprint density at radius 1 is 1.32 bits per heavy atom. The van der Waals surface area contributed by atoms with E-state index < -0.39 is 29.2 Å². The highest BCUT2D eigenvalue weighted by atomic mass is 16.4. The SMILES string of the molecule is CC(C)C(NC(=O)c1ccco1)C(=O)NCC(C)(C)C(=O)O. The lowest BCUT2D eigenvalue weighted by Gasteiger charge is -2.24. The first-order chi connectivity index (χ1) is 10.1. The van der Waals surface area contributed by atoms with Gasteiger partial charge in [-0.05, 0) is 31.9 Å². The average molecular weight is 310 g/mol. The van der Waals surface area contributed by atoms with E-state index in [1.54, 1.807) is 19.9 Å². The molecule has 7 nitrogen and oxygen atoms in total. The molecule has 0 bridgehead atoms. The molecule has 0 fully saturated rings. The number of amides is 2. The van der Waals surface area contributed by atoms with Gasteiger partial charge < -0.3 is 20.2 Å². The molecule has 1 aromatic rings. The first-order valence-electron chi connectivity index (χ1n) is 7.00. The van der Waals surface area contributed by atoms with E-state index in [2.05, 4.69) is 10.6 Å². The van der Waals surface area contributed by atoms with E-state index in [0.29, 0.717) is 0 Å². The Bertz CT molecular complexity index is 534. The zero-order valence-electron chi connectivity index (χ0n) is 13.2. The Morgan fingerprint density at radius 3 is 2.41 bits per heavy atom. The zero-order valence-corrected chi connectivity index (χ0v) is 13.2. The number of carboxylic acid groups (broad SMARTS) is 1. The van der Waals surface area contributed by atoms with Crippen LogP contribution >= 0.6 is 0 Å². The summed E-state index contributed by atoms with van der Waals surface area (Å²) < 4.78 is 4.98. The van der Waals surface area contributed by atoms with Crippen molar-refractivity contribution in [2.75, 3.05) is 6.54 Å². The second-order valence-corrected chi connectivity index (χ2v) is 6.08. The highest BCUT2D eigenvalue weighted by Gasteiger charge is 2.30. The van der Waals surface area contributed by atoms with Crippen LogP contribution in [0.2, 0.25) is 0 Å². The molecule has 1 atom stereocenters. The molecule has 0 saturated carbocycles. The van der Waals surface area contributed by atoms with E-state index in [4.69, 9.17) is 9.52 Å². The van der Waals surface area contributed by atoms with Gasteiger partial charge in [-0.25, -0.2) is 0 Å². The van der Waals surface area contributed by atoms with Crippen LogP contribution in [0.25, 0.3) is 0 Å². The van der Waals surface area contributed by atoms with Gasteiger partial charge in [-0.2, -0.15) is 0 Å². The van der Waals surface area contributed by atoms with Crippen molar-refractivity contribution in [1.29, 1.82) is 0 Å². The van der Waals surface area contributed by atoms with Gasteiger partial charge in [0.15, 0.2) is 5.76 Å². The van der Waals surface area contributed by atoms with Crippen molar-refractivity contribution in [3.63, 3.8) is 0 Å². The zero-order chi connectivity index (χ0) is 16.9. The molecule has 22 heavy (non-hydrogen) atoms. The lowest BCUT2D eigenvalue weighted by molar-refractivity contribution is -0.146. The van der Waals surface area contributed by atoms with E-state index in [1.807, 2.05) is 0 Å². The summed E-state index contributed by atoms with van der Waals surface area (Å²) in [6.07, 6.45) is 1.37. The Balaban J connectivity index is 2.69. The fraction of sp³-hybridized carbons (Fsp3) is 0.533. The normalized spacial score (nSPS) is 12.8. The number of aliphatic carboxylic acids is 1. The molecule has 7 heteroatoms. The lowest BCUT2D eigenvalue weighted by atomic mass is 9.93. The maximum Gasteiger partial charge on any atom is 0.310 e. The highest BCUT2D eigenvalue weighted by Crippen LogP contribution is 2.14. The van der Waals surface area contributed by atoms with Gasteiger partial charge in [-0.3, -0.25) is 14.4 Å². The Hall–Kier alpha value is -2.31. The van der Waals surface area contributed by atoms with Gasteiger partial charge in [0, 0.05) is 6.54 Å². The summed E-state index contributed by atoms with van der Waals surface area (Å²) in [6.45, 7) is 6.58. The number of carbonyl (C=O) groups is 3. The fourth-order valence-electron chi connectivity index (χ4n) is 1.65. The molecule has 3 N–H and O–H groups in total. The van der Waals surface area contributed by atoms with Crippen molar-refractivity contribution in [2.24, 2.45) is 11.3 Å². The average Bonchev–Trinajstić information content (AvgIpc) is 2.95. The van der Waals surface area contributed by atoms with Crippen molar-refractivity contribution in [1.82, 2.24) is 10.6 Å². The second-order valence-electron chi connectivity index (χ2n) is 6.08. The van der Waals surface area contributed by atoms with Crippen molar-refractivity contribution in [3.8, 4) is 0 Å². The molecule has 1 aromatic heterocycles. The predicted molar refractivity (Wildman–Crippen MR) is 79.2 cm³/mol. The molecular weight excluding hydrogens is 288 g/mol. The minimum atomic E-state index is -1.08. The molecule has 2 amide bonds. The van der Waals surface area contributed by atoms with Crippen LogP contribution in [0.15, 0.2) is 22.8 Å². The molecule has 0 aromatic carbocycles. The number of hydrogen-bond donors (Lipinski definition) is 3. The van der Waals surface area contributed by atoms with Crippen LogP contribution in [0.3, 0.4) is 0 Å². The van der Waals surface area contributed by atoms with Crippen LogP contribution in [0, 0.1) is 11.3 Å². The standard InChI is InChI=1S/C15H22N2O5/c1-9(2)11(17-12(18)10-6-5-7-22-10)13(19)16-8-15(3,4)14(20)21/h5-7,9,11H,8H2,1-4H3,(H,16,19)(H,17,18)(H,20,21). The molecule has 0 spiro atoms. The number of carbonyl (C=O) groups excluding carboxylic acids is 2. The second kappa shape index (κ2) is 7.11. The molecule has 0 aliphatic heterocycles. The number of hydrogen-bond acceptors (Lipinski definition) is 4. The Kier molecular flexibility index (Phi) is 5.73. The van der Waals surface area contributed by atoms with Crippen LogP contribution in [-0.2, 0) is 9.59 Å². The van der Waals surface area contributed by atoms with E-state index in [9.17, 15) is 14.4 Å². The van der Waals surface area contributed by atoms with Crippen molar-refractivity contribution >= 4 is 17.8 Å². The molecule has 0 saturated heterocycles. The minimum Gasteiger partial charge on any atom is -0.481 e. The summed E-state index contributed by atoms with van der Waals surface area (Å²) in [6, 6.07) is 2.30. The third kappa shape index (κ3) is 4.61. The minimum absolute atomic E-state index is 0.0268. The third-order valence-electron chi connectivity index (χ3n) is 3.26. The summed E-state index contributed by atoms with van der Waals surface area (Å²) >= 11 is 0.